The molecule has 7 nitrogen and oxygen atoms in total. The average molecular weight is 280 g/mol. The molecule has 7 heteroatoms. The Morgan fingerprint density at radius 2 is 2.00 bits per heavy atom. The maximum Gasteiger partial charge on any atom is 0.322 e. The summed E-state index contributed by atoms with van der Waals surface area (Å²) in [5.74, 6) is 1.12. The van der Waals surface area contributed by atoms with Crippen LogP contribution in [-0.4, -0.2) is 59.7 Å². The molecular weight excluding hydrogens is 256 g/mol. The first-order chi connectivity index (χ1) is 9.72. The van der Waals surface area contributed by atoms with Crippen LogP contribution in [0.4, 0.5) is 11.9 Å². The SMILES string of the molecule is CCCNc1nc(NCC2CCCN2C)nc(OC)n1. The lowest BCUT2D eigenvalue weighted by Gasteiger charge is -2.19. The molecule has 1 fully saturated rings. The van der Waals surface area contributed by atoms with Crippen LogP contribution in [0.5, 0.6) is 6.01 Å². The van der Waals surface area contributed by atoms with E-state index in [1.807, 2.05) is 0 Å². The predicted octanol–water partition coefficient (Wildman–Crippen LogP) is 1.21. The van der Waals surface area contributed by atoms with Gasteiger partial charge in [0.2, 0.25) is 11.9 Å². The maximum atomic E-state index is 5.12. The number of nitrogens with one attached hydrogen (secondary N) is 2. The van der Waals surface area contributed by atoms with Crippen LogP contribution in [0.2, 0.25) is 0 Å². The topological polar surface area (TPSA) is 75.2 Å². The molecule has 112 valence electrons. The molecule has 1 aromatic rings. The first-order valence-electron chi connectivity index (χ1n) is 7.21. The summed E-state index contributed by atoms with van der Waals surface area (Å²) < 4.78 is 5.12. The summed E-state index contributed by atoms with van der Waals surface area (Å²) in [6, 6.07) is 0.880. The summed E-state index contributed by atoms with van der Waals surface area (Å²) in [6.07, 6.45) is 3.49. The minimum Gasteiger partial charge on any atom is -0.467 e. The van der Waals surface area contributed by atoms with Crippen molar-refractivity contribution in [1.82, 2.24) is 19.9 Å². The van der Waals surface area contributed by atoms with Gasteiger partial charge in [0.15, 0.2) is 0 Å². The van der Waals surface area contributed by atoms with Crippen LogP contribution >= 0.6 is 0 Å². The second-order valence-corrected chi connectivity index (χ2v) is 5.05. The molecular formula is C13H24N6O. The maximum absolute atomic E-state index is 5.12. The van der Waals surface area contributed by atoms with Crippen molar-refractivity contribution in [3.8, 4) is 6.01 Å². The fourth-order valence-electron chi connectivity index (χ4n) is 2.29. The molecule has 1 aliphatic heterocycles. The van der Waals surface area contributed by atoms with Crippen molar-refractivity contribution in [3.63, 3.8) is 0 Å². The van der Waals surface area contributed by atoms with Gasteiger partial charge in [0, 0.05) is 19.1 Å². The third-order valence-corrected chi connectivity index (χ3v) is 3.50. The van der Waals surface area contributed by atoms with Gasteiger partial charge in [0.1, 0.15) is 0 Å². The molecule has 2 N–H and O–H groups in total. The molecule has 2 rings (SSSR count). The molecule has 1 atom stereocenters. The van der Waals surface area contributed by atoms with E-state index in [0.29, 0.717) is 23.9 Å². The van der Waals surface area contributed by atoms with E-state index in [1.54, 1.807) is 7.11 Å². The number of rotatable bonds is 7. The van der Waals surface area contributed by atoms with Crippen molar-refractivity contribution in [2.24, 2.45) is 0 Å². The van der Waals surface area contributed by atoms with Crippen LogP contribution in [0.3, 0.4) is 0 Å². The van der Waals surface area contributed by atoms with Gasteiger partial charge in [-0.25, -0.2) is 0 Å². The number of ether oxygens (including phenoxy) is 1. The average Bonchev–Trinajstić information content (AvgIpc) is 2.88. The molecule has 1 saturated heterocycles. The van der Waals surface area contributed by atoms with Crippen molar-refractivity contribution in [2.45, 2.75) is 32.2 Å². The summed E-state index contributed by atoms with van der Waals surface area (Å²) in [5, 5.41) is 6.44. The first kappa shape index (κ1) is 14.8. The Labute approximate surface area is 120 Å². The van der Waals surface area contributed by atoms with E-state index in [1.165, 1.54) is 12.8 Å². The van der Waals surface area contributed by atoms with Crippen LogP contribution in [0, 0.1) is 0 Å². The second-order valence-electron chi connectivity index (χ2n) is 5.05. The van der Waals surface area contributed by atoms with Crippen molar-refractivity contribution in [3.05, 3.63) is 0 Å². The van der Waals surface area contributed by atoms with Gasteiger partial charge in [-0.05, 0) is 32.9 Å². The van der Waals surface area contributed by atoms with E-state index in [4.69, 9.17) is 4.74 Å². The highest BCUT2D eigenvalue weighted by Gasteiger charge is 2.20. The second kappa shape index (κ2) is 7.23. The van der Waals surface area contributed by atoms with Crippen LogP contribution < -0.4 is 15.4 Å². The highest BCUT2D eigenvalue weighted by atomic mass is 16.5. The molecule has 0 radical (unpaired) electrons. The molecule has 2 heterocycles. The Bertz CT molecular complexity index is 427. The molecule has 0 spiro atoms. The van der Waals surface area contributed by atoms with Crippen LogP contribution in [0.15, 0.2) is 0 Å². The smallest absolute Gasteiger partial charge is 0.322 e. The molecule has 1 aliphatic rings. The van der Waals surface area contributed by atoms with Gasteiger partial charge in [-0.2, -0.15) is 15.0 Å². The summed E-state index contributed by atoms with van der Waals surface area (Å²) in [6.45, 7) is 4.94. The fourth-order valence-corrected chi connectivity index (χ4v) is 2.29. The number of aromatic nitrogens is 3. The minimum absolute atomic E-state index is 0.334. The third-order valence-electron chi connectivity index (χ3n) is 3.50. The number of anilines is 2. The number of likely N-dealkylation sites (N-methyl/N-ethyl adjacent to an activating group) is 1. The van der Waals surface area contributed by atoms with E-state index in [2.05, 4.69) is 44.5 Å². The molecule has 20 heavy (non-hydrogen) atoms. The fraction of sp³-hybridized carbons (Fsp3) is 0.769. The Hall–Kier alpha value is -1.63. The minimum atomic E-state index is 0.334. The molecule has 0 amide bonds. The van der Waals surface area contributed by atoms with Gasteiger partial charge in [-0.3, -0.25) is 0 Å². The number of nitrogens with zero attached hydrogens (tertiary/aromatic N) is 4. The van der Waals surface area contributed by atoms with Crippen molar-refractivity contribution in [2.75, 3.05) is 44.4 Å². The molecule has 1 unspecified atom stereocenters. The predicted molar refractivity (Wildman–Crippen MR) is 79.3 cm³/mol. The highest BCUT2D eigenvalue weighted by molar-refractivity contribution is 5.36. The van der Waals surface area contributed by atoms with Gasteiger partial charge >= 0.3 is 6.01 Å². The molecule has 0 bridgehead atoms. The summed E-state index contributed by atoms with van der Waals surface area (Å²) in [4.78, 5) is 15.1. The highest BCUT2D eigenvalue weighted by Crippen LogP contribution is 2.16. The van der Waals surface area contributed by atoms with Gasteiger partial charge < -0.3 is 20.3 Å². The zero-order chi connectivity index (χ0) is 14.4. The van der Waals surface area contributed by atoms with Crippen molar-refractivity contribution in [1.29, 1.82) is 0 Å². The lowest BCUT2D eigenvalue weighted by Crippen LogP contribution is -2.32. The van der Waals surface area contributed by atoms with E-state index >= 15 is 0 Å². The zero-order valence-electron chi connectivity index (χ0n) is 12.5. The Morgan fingerprint density at radius 1 is 1.25 bits per heavy atom. The normalized spacial score (nSPS) is 19.1. The van der Waals surface area contributed by atoms with E-state index < -0.39 is 0 Å². The lowest BCUT2D eigenvalue weighted by atomic mass is 10.2. The van der Waals surface area contributed by atoms with Crippen LogP contribution in [0.1, 0.15) is 26.2 Å². The van der Waals surface area contributed by atoms with Crippen molar-refractivity contribution < 1.29 is 4.74 Å². The Balaban J connectivity index is 1.98. The van der Waals surface area contributed by atoms with Gasteiger partial charge in [-0.15, -0.1) is 0 Å². The lowest BCUT2D eigenvalue weighted by molar-refractivity contribution is 0.321. The molecule has 0 aliphatic carbocycles. The number of likely N-dealkylation sites (tertiary alicyclic amines) is 1. The van der Waals surface area contributed by atoms with Crippen molar-refractivity contribution >= 4 is 11.9 Å². The van der Waals surface area contributed by atoms with E-state index in [9.17, 15) is 0 Å². The summed E-state index contributed by atoms with van der Waals surface area (Å²) in [5.41, 5.74) is 0. The number of hydrogen-bond acceptors (Lipinski definition) is 7. The summed E-state index contributed by atoms with van der Waals surface area (Å²) in [7, 11) is 3.72. The molecule has 1 aromatic heterocycles. The number of methoxy groups -OCH3 is 1. The molecule has 0 aromatic carbocycles. The quantitative estimate of drug-likeness (QED) is 0.777. The van der Waals surface area contributed by atoms with E-state index in [0.717, 1.165) is 26.1 Å². The van der Waals surface area contributed by atoms with E-state index in [-0.39, 0.29) is 0 Å². The number of hydrogen-bond donors (Lipinski definition) is 2. The zero-order valence-corrected chi connectivity index (χ0v) is 12.5. The Morgan fingerprint density at radius 3 is 2.60 bits per heavy atom. The monoisotopic (exact) mass is 280 g/mol. The third kappa shape index (κ3) is 3.93. The first-order valence-corrected chi connectivity index (χ1v) is 7.21. The Kier molecular flexibility index (Phi) is 5.34. The molecule has 0 saturated carbocycles. The van der Waals surface area contributed by atoms with Crippen LogP contribution in [0.25, 0.3) is 0 Å². The van der Waals surface area contributed by atoms with Gasteiger partial charge in [-0.1, -0.05) is 6.92 Å². The largest absolute Gasteiger partial charge is 0.467 e. The standard InChI is InChI=1S/C13H24N6O/c1-4-7-14-11-16-12(18-13(17-11)20-3)15-9-10-6-5-8-19(10)2/h10H,4-9H2,1-3H3,(H2,14,15,16,17,18). The van der Waals surface area contributed by atoms with Gasteiger partial charge in [0.05, 0.1) is 7.11 Å². The summed E-state index contributed by atoms with van der Waals surface area (Å²) >= 11 is 0. The van der Waals surface area contributed by atoms with Crippen LogP contribution in [-0.2, 0) is 0 Å². The van der Waals surface area contributed by atoms with Gasteiger partial charge in [0.25, 0.3) is 0 Å².